The van der Waals surface area contributed by atoms with E-state index in [1.165, 1.54) is 18.3 Å². The van der Waals surface area contributed by atoms with Gasteiger partial charge in [0.1, 0.15) is 5.82 Å². The molecular weight excluding hydrogens is 428 g/mol. The maximum atomic E-state index is 12.5. The number of amides is 2. The van der Waals surface area contributed by atoms with Gasteiger partial charge in [-0.25, -0.2) is 4.68 Å². The maximum absolute atomic E-state index is 12.5. The minimum absolute atomic E-state index is 0.156. The standard InChI is InChI=1S/C19H19BrN4O2S/c1-13(25)22-16(17-3-2-10-27-17)11-19(26)23-18-8-9-21-24(18)12-14-4-6-15(20)7-5-14/h2-10,16H,11-12H2,1H3,(H,22,25)(H,23,26). The molecule has 0 spiro atoms. The number of halogens is 1. The van der Waals surface area contributed by atoms with Crippen LogP contribution in [0.1, 0.15) is 29.8 Å². The van der Waals surface area contributed by atoms with E-state index in [0.29, 0.717) is 12.4 Å². The maximum Gasteiger partial charge on any atom is 0.227 e. The molecule has 2 heterocycles. The average Bonchev–Trinajstić information content (AvgIpc) is 3.28. The topological polar surface area (TPSA) is 76.0 Å². The zero-order chi connectivity index (χ0) is 19.2. The SMILES string of the molecule is CC(=O)NC(CC(=O)Nc1ccnn1Cc1ccc(Br)cc1)c1cccs1. The molecule has 0 aliphatic carbocycles. The fourth-order valence-electron chi connectivity index (χ4n) is 2.66. The third kappa shape index (κ3) is 5.51. The van der Waals surface area contributed by atoms with E-state index >= 15 is 0 Å². The highest BCUT2D eigenvalue weighted by Crippen LogP contribution is 2.23. The molecule has 2 N–H and O–H groups in total. The molecule has 140 valence electrons. The van der Waals surface area contributed by atoms with Crippen LogP contribution < -0.4 is 10.6 Å². The summed E-state index contributed by atoms with van der Waals surface area (Å²) >= 11 is 4.93. The number of hydrogen-bond donors (Lipinski definition) is 2. The molecule has 1 atom stereocenters. The van der Waals surface area contributed by atoms with E-state index in [0.717, 1.165) is 14.9 Å². The summed E-state index contributed by atoms with van der Waals surface area (Å²) in [5.74, 6) is 0.275. The van der Waals surface area contributed by atoms with Gasteiger partial charge in [0.25, 0.3) is 0 Å². The number of carbonyl (C=O) groups excluding carboxylic acids is 2. The summed E-state index contributed by atoms with van der Waals surface area (Å²) in [7, 11) is 0. The molecule has 2 amide bonds. The van der Waals surface area contributed by atoms with Crippen molar-refractivity contribution in [3.63, 3.8) is 0 Å². The zero-order valence-corrected chi connectivity index (χ0v) is 17.1. The predicted molar refractivity (Wildman–Crippen MR) is 110 cm³/mol. The number of thiophene rings is 1. The van der Waals surface area contributed by atoms with Crippen molar-refractivity contribution in [2.45, 2.75) is 25.9 Å². The highest BCUT2D eigenvalue weighted by molar-refractivity contribution is 9.10. The van der Waals surface area contributed by atoms with Crippen molar-refractivity contribution < 1.29 is 9.59 Å². The minimum atomic E-state index is -0.342. The lowest BCUT2D eigenvalue weighted by Gasteiger charge is -2.16. The van der Waals surface area contributed by atoms with Crippen molar-refractivity contribution in [2.75, 3.05) is 5.32 Å². The summed E-state index contributed by atoms with van der Waals surface area (Å²) in [6.45, 7) is 2.00. The molecule has 1 aromatic carbocycles. The normalized spacial score (nSPS) is 11.8. The monoisotopic (exact) mass is 446 g/mol. The molecule has 6 nitrogen and oxygen atoms in total. The van der Waals surface area contributed by atoms with E-state index in [4.69, 9.17) is 0 Å². The lowest BCUT2D eigenvalue weighted by molar-refractivity contribution is -0.120. The molecule has 0 aliphatic heterocycles. The lowest BCUT2D eigenvalue weighted by Crippen LogP contribution is -2.29. The second kappa shape index (κ2) is 8.96. The predicted octanol–water partition coefficient (Wildman–Crippen LogP) is 3.96. The number of hydrogen-bond acceptors (Lipinski definition) is 4. The van der Waals surface area contributed by atoms with Crippen LogP contribution in [0.5, 0.6) is 0 Å². The van der Waals surface area contributed by atoms with Crippen LogP contribution in [0.2, 0.25) is 0 Å². The van der Waals surface area contributed by atoms with Crippen molar-refractivity contribution in [1.82, 2.24) is 15.1 Å². The first-order valence-corrected chi connectivity index (χ1v) is 10.0. The van der Waals surface area contributed by atoms with Gasteiger partial charge in [0.05, 0.1) is 25.2 Å². The van der Waals surface area contributed by atoms with Gasteiger partial charge >= 0.3 is 0 Å². The molecular formula is C19H19BrN4O2S. The van der Waals surface area contributed by atoms with E-state index in [2.05, 4.69) is 31.7 Å². The molecule has 0 bridgehead atoms. The van der Waals surface area contributed by atoms with Gasteiger partial charge < -0.3 is 10.6 Å². The fraction of sp³-hybridized carbons (Fsp3) is 0.211. The van der Waals surface area contributed by atoms with Gasteiger partial charge in [-0.15, -0.1) is 11.3 Å². The number of carbonyl (C=O) groups is 2. The number of benzene rings is 1. The summed E-state index contributed by atoms with van der Waals surface area (Å²) < 4.78 is 2.75. The number of aromatic nitrogens is 2. The van der Waals surface area contributed by atoms with Crippen LogP contribution in [-0.2, 0) is 16.1 Å². The number of rotatable bonds is 7. The molecule has 27 heavy (non-hydrogen) atoms. The fourth-order valence-corrected chi connectivity index (χ4v) is 3.71. The quantitative estimate of drug-likeness (QED) is 0.576. The Labute approximate surface area is 169 Å². The van der Waals surface area contributed by atoms with Crippen molar-refractivity contribution in [2.24, 2.45) is 0 Å². The van der Waals surface area contributed by atoms with Crippen LogP contribution in [0, 0.1) is 0 Å². The van der Waals surface area contributed by atoms with E-state index in [9.17, 15) is 9.59 Å². The van der Waals surface area contributed by atoms with Crippen LogP contribution >= 0.6 is 27.3 Å². The Hall–Kier alpha value is -2.45. The summed E-state index contributed by atoms with van der Waals surface area (Å²) in [6, 6.07) is 13.2. The zero-order valence-electron chi connectivity index (χ0n) is 14.7. The van der Waals surface area contributed by atoms with Gasteiger partial charge in [-0.1, -0.05) is 34.1 Å². The second-order valence-electron chi connectivity index (χ2n) is 6.02. The van der Waals surface area contributed by atoms with E-state index in [1.54, 1.807) is 16.9 Å². The van der Waals surface area contributed by atoms with Crippen LogP contribution in [0.3, 0.4) is 0 Å². The molecule has 0 aliphatic rings. The molecule has 0 saturated heterocycles. The first-order valence-electron chi connectivity index (χ1n) is 8.38. The minimum Gasteiger partial charge on any atom is -0.348 e. The van der Waals surface area contributed by atoms with Crippen LogP contribution in [0.15, 0.2) is 58.5 Å². The highest BCUT2D eigenvalue weighted by Gasteiger charge is 2.19. The van der Waals surface area contributed by atoms with Crippen molar-refractivity contribution >= 4 is 44.9 Å². The van der Waals surface area contributed by atoms with Crippen molar-refractivity contribution in [3.05, 3.63) is 69.0 Å². The molecule has 8 heteroatoms. The Morgan fingerprint density at radius 1 is 1.22 bits per heavy atom. The Kier molecular flexibility index (Phi) is 6.41. The third-order valence-electron chi connectivity index (χ3n) is 3.88. The van der Waals surface area contributed by atoms with Crippen molar-refractivity contribution in [3.8, 4) is 0 Å². The van der Waals surface area contributed by atoms with E-state index in [-0.39, 0.29) is 24.3 Å². The van der Waals surface area contributed by atoms with Crippen LogP contribution in [0.4, 0.5) is 5.82 Å². The lowest BCUT2D eigenvalue weighted by atomic mass is 10.1. The summed E-state index contributed by atoms with van der Waals surface area (Å²) in [4.78, 5) is 25.0. The van der Waals surface area contributed by atoms with Gasteiger partial charge in [0.2, 0.25) is 11.8 Å². The highest BCUT2D eigenvalue weighted by atomic mass is 79.9. The smallest absolute Gasteiger partial charge is 0.227 e. The number of nitrogens with one attached hydrogen (secondary N) is 2. The van der Waals surface area contributed by atoms with Gasteiger partial charge in [0, 0.05) is 22.3 Å². The third-order valence-corrected chi connectivity index (χ3v) is 5.40. The average molecular weight is 447 g/mol. The second-order valence-corrected chi connectivity index (χ2v) is 7.92. The Morgan fingerprint density at radius 2 is 2.00 bits per heavy atom. The molecule has 0 fully saturated rings. The van der Waals surface area contributed by atoms with Gasteiger partial charge in [-0.05, 0) is 29.1 Å². The Bertz CT molecular complexity index is 906. The van der Waals surface area contributed by atoms with E-state index in [1.807, 2.05) is 41.8 Å². The molecule has 3 rings (SSSR count). The summed E-state index contributed by atoms with van der Waals surface area (Å²) in [5, 5.41) is 11.9. The molecule has 2 aromatic heterocycles. The molecule has 3 aromatic rings. The van der Waals surface area contributed by atoms with Gasteiger partial charge in [0.15, 0.2) is 0 Å². The van der Waals surface area contributed by atoms with Crippen LogP contribution in [0.25, 0.3) is 0 Å². The summed E-state index contributed by atoms with van der Waals surface area (Å²) in [5.41, 5.74) is 1.08. The molecule has 0 saturated carbocycles. The van der Waals surface area contributed by atoms with Crippen LogP contribution in [-0.4, -0.2) is 21.6 Å². The number of anilines is 1. The van der Waals surface area contributed by atoms with E-state index < -0.39 is 0 Å². The number of nitrogens with zero attached hydrogens (tertiary/aromatic N) is 2. The Balaban J connectivity index is 1.66. The first-order chi connectivity index (χ1) is 13.0. The largest absolute Gasteiger partial charge is 0.348 e. The Morgan fingerprint density at radius 3 is 2.67 bits per heavy atom. The molecule has 0 radical (unpaired) electrons. The van der Waals surface area contributed by atoms with Gasteiger partial charge in [-0.2, -0.15) is 5.10 Å². The first kappa shape index (κ1) is 19.3. The summed E-state index contributed by atoms with van der Waals surface area (Å²) in [6.07, 6.45) is 1.81. The van der Waals surface area contributed by atoms with Gasteiger partial charge in [-0.3, -0.25) is 9.59 Å². The van der Waals surface area contributed by atoms with Crippen molar-refractivity contribution in [1.29, 1.82) is 0 Å². The molecule has 1 unspecified atom stereocenters.